The van der Waals surface area contributed by atoms with E-state index in [1.165, 1.54) is 6.07 Å². The van der Waals surface area contributed by atoms with Gasteiger partial charge in [0.1, 0.15) is 0 Å². The predicted molar refractivity (Wildman–Crippen MR) is 71.2 cm³/mol. The largest absolute Gasteiger partial charge is 0.393 e. The van der Waals surface area contributed by atoms with E-state index in [0.717, 1.165) is 0 Å². The Balaban J connectivity index is 2.87. The molecule has 0 fully saturated rings. The van der Waals surface area contributed by atoms with E-state index in [1.54, 1.807) is 18.1 Å². The standard InChI is InChI=1S/C10H13BrFN3S/c1-6(3-9(13)16)15(2)10-8(12)4-7(11)5-14-10/h4-6H,3H2,1-2H3,(H2,13,16). The Labute approximate surface area is 108 Å². The molecule has 0 bridgehead atoms. The Morgan fingerprint density at radius 3 is 2.88 bits per heavy atom. The highest BCUT2D eigenvalue weighted by Gasteiger charge is 2.16. The molecule has 0 spiro atoms. The maximum Gasteiger partial charge on any atom is 0.166 e. The third-order valence-corrected chi connectivity index (χ3v) is 2.88. The molecule has 0 saturated carbocycles. The minimum absolute atomic E-state index is 0.0145. The van der Waals surface area contributed by atoms with Crippen molar-refractivity contribution in [3.63, 3.8) is 0 Å². The van der Waals surface area contributed by atoms with Gasteiger partial charge in [-0.15, -0.1) is 0 Å². The molecule has 1 heterocycles. The fourth-order valence-corrected chi connectivity index (χ4v) is 1.85. The zero-order valence-corrected chi connectivity index (χ0v) is 11.5. The van der Waals surface area contributed by atoms with Crippen molar-refractivity contribution >= 4 is 39.0 Å². The van der Waals surface area contributed by atoms with Crippen LogP contribution in [0.5, 0.6) is 0 Å². The summed E-state index contributed by atoms with van der Waals surface area (Å²) in [4.78, 5) is 6.16. The van der Waals surface area contributed by atoms with Crippen LogP contribution in [0.3, 0.4) is 0 Å². The van der Waals surface area contributed by atoms with Gasteiger partial charge in [-0.05, 0) is 28.9 Å². The minimum Gasteiger partial charge on any atom is -0.393 e. The molecule has 0 amide bonds. The highest BCUT2D eigenvalue weighted by molar-refractivity contribution is 9.10. The first-order valence-corrected chi connectivity index (χ1v) is 5.94. The second-order valence-electron chi connectivity index (χ2n) is 3.59. The quantitative estimate of drug-likeness (QED) is 0.868. The second kappa shape index (κ2) is 5.54. The zero-order chi connectivity index (χ0) is 12.3. The Hall–Kier alpha value is -0.750. The van der Waals surface area contributed by atoms with Gasteiger partial charge in [0.15, 0.2) is 11.6 Å². The molecule has 0 aliphatic carbocycles. The summed E-state index contributed by atoms with van der Waals surface area (Å²) in [6.07, 6.45) is 2.09. The topological polar surface area (TPSA) is 42.1 Å². The van der Waals surface area contributed by atoms with Crippen molar-refractivity contribution in [2.24, 2.45) is 5.73 Å². The molecule has 0 saturated heterocycles. The highest BCUT2D eigenvalue weighted by atomic mass is 79.9. The number of pyridine rings is 1. The number of thiocarbonyl (C=S) groups is 1. The molecule has 0 aliphatic heterocycles. The Morgan fingerprint density at radius 2 is 2.38 bits per heavy atom. The highest BCUT2D eigenvalue weighted by Crippen LogP contribution is 2.21. The van der Waals surface area contributed by atoms with Crippen molar-refractivity contribution in [2.75, 3.05) is 11.9 Å². The number of nitrogens with two attached hydrogens (primary N) is 1. The van der Waals surface area contributed by atoms with Crippen LogP contribution >= 0.6 is 28.1 Å². The molecule has 1 aromatic heterocycles. The van der Waals surface area contributed by atoms with Crippen LogP contribution in [-0.4, -0.2) is 23.1 Å². The van der Waals surface area contributed by atoms with Crippen molar-refractivity contribution < 1.29 is 4.39 Å². The number of hydrogen-bond acceptors (Lipinski definition) is 3. The van der Waals surface area contributed by atoms with E-state index in [1.807, 2.05) is 6.92 Å². The Bertz CT molecular complexity index is 400. The molecule has 1 atom stereocenters. The summed E-state index contributed by atoms with van der Waals surface area (Å²) in [7, 11) is 1.77. The molecular formula is C10H13BrFN3S. The number of rotatable bonds is 4. The third kappa shape index (κ3) is 3.38. The summed E-state index contributed by atoms with van der Waals surface area (Å²) in [5, 5.41) is 0. The van der Waals surface area contributed by atoms with Crippen LogP contribution in [0.4, 0.5) is 10.2 Å². The molecule has 0 radical (unpaired) electrons. The lowest BCUT2D eigenvalue weighted by Crippen LogP contribution is -2.33. The van der Waals surface area contributed by atoms with E-state index in [4.69, 9.17) is 18.0 Å². The molecule has 1 rings (SSSR count). The number of halogens is 2. The smallest absolute Gasteiger partial charge is 0.166 e. The van der Waals surface area contributed by atoms with E-state index in [2.05, 4.69) is 20.9 Å². The normalized spacial score (nSPS) is 12.2. The summed E-state index contributed by atoms with van der Waals surface area (Å²) in [5.41, 5.74) is 5.45. The van der Waals surface area contributed by atoms with Crippen LogP contribution < -0.4 is 10.6 Å². The average Bonchev–Trinajstić information content (AvgIpc) is 2.15. The van der Waals surface area contributed by atoms with E-state index < -0.39 is 0 Å². The lowest BCUT2D eigenvalue weighted by Gasteiger charge is -2.25. The average molecular weight is 306 g/mol. The first kappa shape index (κ1) is 13.3. The van der Waals surface area contributed by atoms with Crippen molar-refractivity contribution in [1.82, 2.24) is 4.98 Å². The number of aromatic nitrogens is 1. The first-order valence-electron chi connectivity index (χ1n) is 4.74. The van der Waals surface area contributed by atoms with Gasteiger partial charge in [-0.25, -0.2) is 9.37 Å². The summed E-state index contributed by atoms with van der Waals surface area (Å²) in [5.74, 6) is -0.0707. The van der Waals surface area contributed by atoms with E-state index >= 15 is 0 Å². The molecule has 0 aliphatic rings. The van der Waals surface area contributed by atoms with Gasteiger partial charge in [0, 0.05) is 30.2 Å². The van der Waals surface area contributed by atoms with Gasteiger partial charge in [-0.3, -0.25) is 0 Å². The first-order chi connectivity index (χ1) is 7.41. The zero-order valence-electron chi connectivity index (χ0n) is 9.08. The molecule has 6 heteroatoms. The maximum absolute atomic E-state index is 13.6. The van der Waals surface area contributed by atoms with Gasteiger partial charge in [0.25, 0.3) is 0 Å². The van der Waals surface area contributed by atoms with Gasteiger partial charge in [0.05, 0.1) is 4.99 Å². The molecule has 2 N–H and O–H groups in total. The van der Waals surface area contributed by atoms with Gasteiger partial charge in [-0.1, -0.05) is 12.2 Å². The summed E-state index contributed by atoms with van der Waals surface area (Å²) in [6, 6.07) is 1.40. The van der Waals surface area contributed by atoms with E-state index in [0.29, 0.717) is 21.7 Å². The summed E-state index contributed by atoms with van der Waals surface area (Å²) in [6.45, 7) is 1.92. The van der Waals surface area contributed by atoms with Gasteiger partial charge in [-0.2, -0.15) is 0 Å². The van der Waals surface area contributed by atoms with Crippen LogP contribution in [-0.2, 0) is 0 Å². The Morgan fingerprint density at radius 1 is 1.75 bits per heavy atom. The van der Waals surface area contributed by atoms with Gasteiger partial charge in [0.2, 0.25) is 0 Å². The molecule has 3 nitrogen and oxygen atoms in total. The van der Waals surface area contributed by atoms with Crippen molar-refractivity contribution in [1.29, 1.82) is 0 Å². The molecule has 1 unspecified atom stereocenters. The van der Waals surface area contributed by atoms with E-state index in [-0.39, 0.29) is 11.9 Å². The number of anilines is 1. The lowest BCUT2D eigenvalue weighted by molar-refractivity contribution is 0.599. The van der Waals surface area contributed by atoms with Crippen LogP contribution in [0.25, 0.3) is 0 Å². The second-order valence-corrected chi connectivity index (χ2v) is 5.03. The minimum atomic E-state index is -0.369. The summed E-state index contributed by atoms with van der Waals surface area (Å²) >= 11 is 7.98. The lowest BCUT2D eigenvalue weighted by atomic mass is 10.2. The van der Waals surface area contributed by atoms with Gasteiger partial charge < -0.3 is 10.6 Å². The molecule has 0 aromatic carbocycles. The van der Waals surface area contributed by atoms with Crippen LogP contribution in [0.2, 0.25) is 0 Å². The maximum atomic E-state index is 13.6. The third-order valence-electron chi connectivity index (χ3n) is 2.28. The SMILES string of the molecule is CC(CC(N)=S)N(C)c1ncc(Br)cc1F. The van der Waals surface area contributed by atoms with Crippen LogP contribution in [0, 0.1) is 5.82 Å². The molecule has 88 valence electrons. The fraction of sp³-hybridized carbons (Fsp3) is 0.400. The molecule has 16 heavy (non-hydrogen) atoms. The van der Waals surface area contributed by atoms with Crippen LogP contribution in [0.15, 0.2) is 16.7 Å². The summed E-state index contributed by atoms with van der Waals surface area (Å²) < 4.78 is 14.2. The monoisotopic (exact) mass is 305 g/mol. The van der Waals surface area contributed by atoms with Crippen molar-refractivity contribution in [3.8, 4) is 0 Å². The van der Waals surface area contributed by atoms with Crippen molar-refractivity contribution in [3.05, 3.63) is 22.6 Å². The number of hydrogen-bond donors (Lipinski definition) is 1. The predicted octanol–water partition coefficient (Wildman–Crippen LogP) is 2.48. The van der Waals surface area contributed by atoms with Gasteiger partial charge >= 0.3 is 0 Å². The van der Waals surface area contributed by atoms with E-state index in [9.17, 15) is 4.39 Å². The fourth-order valence-electron chi connectivity index (χ4n) is 1.30. The number of nitrogens with zero attached hydrogens (tertiary/aromatic N) is 2. The Kier molecular flexibility index (Phi) is 4.61. The van der Waals surface area contributed by atoms with Crippen molar-refractivity contribution in [2.45, 2.75) is 19.4 Å². The van der Waals surface area contributed by atoms with Crippen LogP contribution in [0.1, 0.15) is 13.3 Å². The molecular weight excluding hydrogens is 293 g/mol. The molecule has 1 aromatic rings.